The van der Waals surface area contributed by atoms with Gasteiger partial charge in [-0.3, -0.25) is 19.4 Å². The summed E-state index contributed by atoms with van der Waals surface area (Å²) in [6, 6.07) is 0. The molecule has 1 N–H and O–H groups in total. The minimum absolute atomic E-state index is 0.198. The summed E-state index contributed by atoms with van der Waals surface area (Å²) in [5, 5.41) is 11.6. The highest BCUT2D eigenvalue weighted by Gasteiger charge is 2.37. The van der Waals surface area contributed by atoms with E-state index in [1.807, 2.05) is 0 Å². The number of carbonyl (C=O) groups excluding carboxylic acids is 2. The molecule has 1 aromatic heterocycles. The number of imide groups is 1. The topological polar surface area (TPSA) is 110 Å². The summed E-state index contributed by atoms with van der Waals surface area (Å²) in [7, 11) is 0. The molecule has 21 heavy (non-hydrogen) atoms. The minimum Gasteiger partial charge on any atom is -0.481 e. The normalized spacial score (nSPS) is 24.1. The minimum atomic E-state index is -0.839. The van der Waals surface area contributed by atoms with Crippen LogP contribution in [0.3, 0.4) is 0 Å². The number of amides is 2. The first-order valence-corrected chi connectivity index (χ1v) is 6.75. The fraction of sp³-hybridized carbons (Fsp3) is 0.727. The van der Waals surface area contributed by atoms with Crippen molar-refractivity contribution in [2.75, 3.05) is 18.1 Å². The zero-order valence-corrected chi connectivity index (χ0v) is 11.5. The fourth-order valence-corrected chi connectivity index (χ4v) is 2.54. The predicted molar refractivity (Wildman–Crippen MR) is 65.5 cm³/mol. The first-order chi connectivity index (χ1) is 9.97. The van der Waals surface area contributed by atoms with Crippen LogP contribution in [0, 0.1) is 5.92 Å². The lowest BCUT2D eigenvalue weighted by atomic mass is 10.1. The Morgan fingerprint density at radius 2 is 2.05 bits per heavy atom. The second-order valence-corrected chi connectivity index (χ2v) is 5.17. The Bertz CT molecular complexity index is 555. The SMILES string of the molecule is CC(On1on1N1CCC(C(=O)O)C1)N1C(=O)CCC1=O. The largest absolute Gasteiger partial charge is 0.481 e. The van der Waals surface area contributed by atoms with Crippen molar-refractivity contribution in [3.05, 3.63) is 0 Å². The van der Waals surface area contributed by atoms with Crippen LogP contribution in [0.4, 0.5) is 0 Å². The Kier molecular flexibility index (Phi) is 3.15. The number of hydrogen-bond donors (Lipinski definition) is 1. The van der Waals surface area contributed by atoms with Gasteiger partial charge in [-0.15, -0.1) is 0 Å². The van der Waals surface area contributed by atoms with Crippen molar-refractivity contribution in [2.24, 2.45) is 5.92 Å². The molecule has 2 fully saturated rings. The molecule has 2 atom stereocenters. The van der Waals surface area contributed by atoms with E-state index in [4.69, 9.17) is 14.6 Å². The van der Waals surface area contributed by atoms with Gasteiger partial charge in [-0.1, -0.05) is 0 Å². The number of carboxylic acids is 1. The number of aromatic nitrogens is 2. The van der Waals surface area contributed by atoms with Crippen molar-refractivity contribution in [1.29, 1.82) is 0 Å². The van der Waals surface area contributed by atoms with Gasteiger partial charge in [0.05, 0.1) is 12.5 Å². The number of rotatable bonds is 5. The van der Waals surface area contributed by atoms with Gasteiger partial charge in [0.25, 0.3) is 0 Å². The molecule has 0 radical (unpaired) electrons. The monoisotopic (exact) mass is 300 g/mol. The summed E-state index contributed by atoms with van der Waals surface area (Å²) in [5.74, 6) is -1.82. The van der Waals surface area contributed by atoms with Crippen LogP contribution in [0.2, 0.25) is 0 Å². The van der Waals surface area contributed by atoms with Gasteiger partial charge < -0.3 is 9.94 Å². The zero-order valence-electron chi connectivity index (χ0n) is 11.5. The quantitative estimate of drug-likeness (QED) is 0.683. The molecular formula is C11H16N4O6. The summed E-state index contributed by atoms with van der Waals surface area (Å²) >= 11 is 0. The highest BCUT2D eigenvalue weighted by atomic mass is 17.0. The highest BCUT2D eigenvalue weighted by molar-refractivity contribution is 6.02. The molecule has 10 heteroatoms. The third-order valence-corrected chi connectivity index (χ3v) is 3.71. The summed E-state index contributed by atoms with van der Waals surface area (Å²) in [4.78, 5) is 41.7. The lowest BCUT2D eigenvalue weighted by molar-refractivity contribution is -0.155. The van der Waals surface area contributed by atoms with Crippen LogP contribution in [0.1, 0.15) is 26.2 Å². The van der Waals surface area contributed by atoms with Crippen molar-refractivity contribution >= 4 is 17.8 Å². The third-order valence-electron chi connectivity index (χ3n) is 3.71. The Morgan fingerprint density at radius 1 is 1.38 bits per heavy atom. The molecule has 3 rings (SSSR count). The molecule has 1 aromatic rings. The Labute approximate surface area is 119 Å². The van der Waals surface area contributed by atoms with E-state index >= 15 is 0 Å². The van der Waals surface area contributed by atoms with Crippen LogP contribution in [-0.2, 0) is 14.4 Å². The Hall–Kier alpha value is -2.39. The lowest BCUT2D eigenvalue weighted by Gasteiger charge is -2.19. The number of likely N-dealkylation sites (tertiary alicyclic amines) is 1. The second-order valence-electron chi connectivity index (χ2n) is 5.17. The molecule has 116 valence electrons. The third kappa shape index (κ3) is 2.48. The van der Waals surface area contributed by atoms with Crippen molar-refractivity contribution in [2.45, 2.75) is 32.4 Å². The van der Waals surface area contributed by atoms with Gasteiger partial charge in [-0.2, -0.15) is 4.63 Å². The average Bonchev–Trinajstić information content (AvgIpc) is 2.86. The Balaban J connectivity index is 1.56. The standard InChI is InChI=1S/C11H16N4O6/c1-7(13-9(16)2-3-10(13)17)20-15-14(21-15)12-5-4-8(6-12)11(18)19/h7-8H,2-6H2,1H3,(H,18,19). The van der Waals surface area contributed by atoms with Crippen molar-refractivity contribution in [1.82, 2.24) is 14.9 Å². The number of carboxylic acid groups (broad SMARTS) is 1. The average molecular weight is 300 g/mol. The number of hydrogen-bond acceptors (Lipinski definition) is 6. The number of aliphatic carboxylic acids is 1. The molecule has 10 nitrogen and oxygen atoms in total. The smallest absolute Gasteiger partial charge is 0.308 e. The van der Waals surface area contributed by atoms with Crippen molar-refractivity contribution in [3.8, 4) is 0 Å². The second kappa shape index (κ2) is 4.86. The maximum absolute atomic E-state index is 11.6. The first kappa shape index (κ1) is 13.6. The van der Waals surface area contributed by atoms with E-state index in [1.54, 1.807) is 11.9 Å². The molecule has 0 aromatic carbocycles. The molecule has 0 spiro atoms. The highest BCUT2D eigenvalue weighted by Crippen LogP contribution is 2.18. The van der Waals surface area contributed by atoms with E-state index in [0.717, 1.165) is 9.92 Å². The molecule has 2 unspecified atom stereocenters. The van der Waals surface area contributed by atoms with E-state index in [-0.39, 0.29) is 24.7 Å². The molecular weight excluding hydrogens is 284 g/mol. The lowest BCUT2D eigenvalue weighted by Crippen LogP contribution is -2.44. The van der Waals surface area contributed by atoms with Crippen LogP contribution < -0.4 is 9.85 Å². The molecule has 2 saturated heterocycles. The van der Waals surface area contributed by atoms with Crippen molar-refractivity contribution in [3.63, 3.8) is 0 Å². The maximum Gasteiger partial charge on any atom is 0.308 e. The van der Waals surface area contributed by atoms with Gasteiger partial charge >= 0.3 is 5.97 Å². The van der Waals surface area contributed by atoms with Crippen LogP contribution in [0.15, 0.2) is 4.63 Å². The van der Waals surface area contributed by atoms with E-state index in [1.165, 1.54) is 4.96 Å². The maximum atomic E-state index is 11.6. The summed E-state index contributed by atoms with van der Waals surface area (Å²) in [6.45, 7) is 2.43. The molecule has 3 heterocycles. The van der Waals surface area contributed by atoms with E-state index in [0.29, 0.717) is 19.5 Å². The molecule has 0 aliphatic carbocycles. The molecule has 2 aliphatic rings. The first-order valence-electron chi connectivity index (χ1n) is 6.75. The van der Waals surface area contributed by atoms with Gasteiger partial charge in [0.1, 0.15) is 5.02 Å². The summed E-state index contributed by atoms with van der Waals surface area (Å²) in [5.41, 5.74) is 0. The number of nitrogens with zero attached hydrogens (tertiary/aromatic N) is 4. The van der Waals surface area contributed by atoms with E-state index in [9.17, 15) is 14.4 Å². The van der Waals surface area contributed by atoms with Crippen LogP contribution in [0.5, 0.6) is 0 Å². The Morgan fingerprint density at radius 3 is 2.62 bits per heavy atom. The van der Waals surface area contributed by atoms with Gasteiger partial charge in [0.15, 0.2) is 0 Å². The van der Waals surface area contributed by atoms with Crippen LogP contribution in [-0.4, -0.2) is 57.1 Å². The van der Waals surface area contributed by atoms with E-state index < -0.39 is 18.1 Å². The molecule has 0 bridgehead atoms. The summed E-state index contributed by atoms with van der Waals surface area (Å²) in [6.07, 6.45) is 0.157. The van der Waals surface area contributed by atoms with Crippen molar-refractivity contribution < 1.29 is 29.0 Å². The molecule has 0 saturated carbocycles. The van der Waals surface area contributed by atoms with Gasteiger partial charge in [-0.25, -0.2) is 4.90 Å². The predicted octanol–water partition coefficient (Wildman–Crippen LogP) is -1.15. The van der Waals surface area contributed by atoms with Gasteiger partial charge in [0.2, 0.25) is 18.0 Å². The van der Waals surface area contributed by atoms with Gasteiger partial charge in [-0.05, 0) is 13.3 Å². The zero-order chi connectivity index (χ0) is 15.1. The van der Waals surface area contributed by atoms with Crippen LogP contribution >= 0.6 is 0 Å². The molecule has 2 amide bonds. The molecule has 2 aliphatic heterocycles. The van der Waals surface area contributed by atoms with Gasteiger partial charge in [0, 0.05) is 24.3 Å². The van der Waals surface area contributed by atoms with E-state index in [2.05, 4.69) is 0 Å². The number of carbonyl (C=O) groups is 3. The summed E-state index contributed by atoms with van der Waals surface area (Å²) < 4.78 is 5.06. The fourth-order valence-electron chi connectivity index (χ4n) is 2.54. The van der Waals surface area contributed by atoms with Crippen LogP contribution in [0.25, 0.3) is 0 Å².